The van der Waals surface area contributed by atoms with Gasteiger partial charge in [0.05, 0.1) is 24.6 Å². The van der Waals surface area contributed by atoms with E-state index in [1.807, 2.05) is 30.6 Å². The lowest BCUT2D eigenvalue weighted by molar-refractivity contribution is -0.104. The maximum atomic E-state index is 12.2. The Hall–Kier alpha value is -2.93. The van der Waals surface area contributed by atoms with Crippen molar-refractivity contribution in [2.45, 2.75) is 12.5 Å². The molecule has 2 aromatic rings. The maximum absolute atomic E-state index is 12.2. The summed E-state index contributed by atoms with van der Waals surface area (Å²) in [6, 6.07) is 8.04. The lowest BCUT2D eigenvalue weighted by Crippen LogP contribution is -2.51. The van der Waals surface area contributed by atoms with E-state index >= 15 is 0 Å². The van der Waals surface area contributed by atoms with Gasteiger partial charge in [-0.1, -0.05) is 6.07 Å². The number of amides is 1. The Balaban J connectivity index is 1.29. The lowest BCUT2D eigenvalue weighted by Gasteiger charge is -2.37. The Bertz CT molecular complexity index is 903. The highest BCUT2D eigenvalue weighted by Crippen LogP contribution is 2.35. The Morgan fingerprint density at radius 2 is 1.93 bits per heavy atom. The van der Waals surface area contributed by atoms with Crippen molar-refractivity contribution >= 4 is 23.4 Å². The fraction of sp³-hybridized carbons (Fsp3) is 0.381. The van der Waals surface area contributed by atoms with Crippen LogP contribution in [0.15, 0.2) is 36.7 Å². The van der Waals surface area contributed by atoms with Gasteiger partial charge in [-0.3, -0.25) is 9.97 Å². The molecule has 7 nitrogen and oxygen atoms in total. The average molecular weight is 378 g/mol. The van der Waals surface area contributed by atoms with Gasteiger partial charge in [-0.25, -0.2) is 4.79 Å². The number of anilines is 1. The van der Waals surface area contributed by atoms with E-state index in [0.29, 0.717) is 26.3 Å². The summed E-state index contributed by atoms with van der Waals surface area (Å²) in [6.07, 6.45) is 6.39. The number of pyridine rings is 2. The van der Waals surface area contributed by atoms with Crippen LogP contribution in [0.3, 0.4) is 0 Å². The third-order valence-electron chi connectivity index (χ3n) is 5.47. The highest BCUT2D eigenvalue weighted by atomic mass is 16.6. The first-order valence-electron chi connectivity index (χ1n) is 9.66. The van der Waals surface area contributed by atoms with E-state index < -0.39 is 0 Å². The third-order valence-corrected chi connectivity index (χ3v) is 5.47. The topological polar surface area (TPSA) is 67.8 Å². The summed E-state index contributed by atoms with van der Waals surface area (Å²) in [5, 5.41) is 0. The van der Waals surface area contributed by atoms with Crippen molar-refractivity contribution in [1.29, 1.82) is 0 Å². The molecule has 28 heavy (non-hydrogen) atoms. The van der Waals surface area contributed by atoms with Crippen LogP contribution in [0.25, 0.3) is 11.6 Å². The normalized spacial score (nSPS) is 19.1. The Kier molecular flexibility index (Phi) is 4.44. The van der Waals surface area contributed by atoms with E-state index in [2.05, 4.69) is 27.0 Å². The van der Waals surface area contributed by atoms with Crippen LogP contribution in [0.1, 0.15) is 17.0 Å². The Morgan fingerprint density at radius 3 is 2.64 bits per heavy atom. The van der Waals surface area contributed by atoms with Crippen molar-refractivity contribution in [2.24, 2.45) is 0 Å². The first-order valence-corrected chi connectivity index (χ1v) is 9.66. The fourth-order valence-corrected chi connectivity index (χ4v) is 3.83. The predicted molar refractivity (Wildman–Crippen MR) is 105 cm³/mol. The van der Waals surface area contributed by atoms with Crippen molar-refractivity contribution in [3.05, 3.63) is 53.6 Å². The molecule has 2 aromatic heterocycles. The van der Waals surface area contributed by atoms with Gasteiger partial charge < -0.3 is 19.3 Å². The van der Waals surface area contributed by atoms with E-state index in [-0.39, 0.29) is 12.2 Å². The number of nitrogens with zero attached hydrogens (tertiary/aromatic N) is 4. The van der Waals surface area contributed by atoms with Crippen LogP contribution in [0.4, 0.5) is 10.5 Å². The number of carbonyl (C=O) groups excluding carboxylic acids is 1. The van der Waals surface area contributed by atoms with Crippen molar-refractivity contribution < 1.29 is 14.3 Å². The summed E-state index contributed by atoms with van der Waals surface area (Å²) < 4.78 is 10.5. The molecule has 0 saturated carbocycles. The fourth-order valence-electron chi connectivity index (χ4n) is 3.83. The molecule has 0 spiro atoms. The summed E-state index contributed by atoms with van der Waals surface area (Å²) in [5.74, 6) is 0. The highest BCUT2D eigenvalue weighted by molar-refractivity contribution is 5.91. The van der Waals surface area contributed by atoms with Crippen LogP contribution in [-0.4, -0.2) is 66.5 Å². The summed E-state index contributed by atoms with van der Waals surface area (Å²) in [5.41, 5.74) is 5.63. The molecule has 1 amide bonds. The molecule has 5 rings (SSSR count). The van der Waals surface area contributed by atoms with E-state index in [1.165, 1.54) is 16.8 Å². The second-order valence-corrected chi connectivity index (χ2v) is 7.27. The molecule has 0 N–H and O–H groups in total. The number of ether oxygens (including phenoxy) is 2. The molecule has 144 valence electrons. The lowest BCUT2D eigenvalue weighted by atomic mass is 10.1. The predicted octanol–water partition coefficient (Wildman–Crippen LogP) is 2.23. The van der Waals surface area contributed by atoms with Gasteiger partial charge in [-0.05, 0) is 29.8 Å². The second kappa shape index (κ2) is 7.24. The molecule has 2 fully saturated rings. The van der Waals surface area contributed by atoms with Crippen molar-refractivity contribution in [3.8, 4) is 0 Å². The number of fused-ring (bicyclic) bond motifs is 1. The van der Waals surface area contributed by atoms with Gasteiger partial charge in [0.25, 0.3) is 0 Å². The third kappa shape index (κ3) is 3.22. The smallest absolute Gasteiger partial charge is 0.410 e. The number of hydrogen-bond acceptors (Lipinski definition) is 6. The number of piperazine rings is 1. The van der Waals surface area contributed by atoms with Crippen LogP contribution in [0.2, 0.25) is 0 Å². The Morgan fingerprint density at radius 1 is 1.07 bits per heavy atom. The summed E-state index contributed by atoms with van der Waals surface area (Å²) in [4.78, 5) is 25.4. The van der Waals surface area contributed by atoms with E-state index in [4.69, 9.17) is 9.47 Å². The zero-order valence-corrected chi connectivity index (χ0v) is 15.6. The molecule has 2 aliphatic heterocycles. The number of carbonyl (C=O) groups is 1. The SMILES string of the molecule is O=C(OC1COC1)N1CCN(c2ccnc3c2C=C(c2ccccn2)C3)CC1. The zero-order valence-electron chi connectivity index (χ0n) is 15.6. The van der Waals surface area contributed by atoms with E-state index in [9.17, 15) is 4.79 Å². The molecule has 0 aromatic carbocycles. The number of allylic oxidation sites excluding steroid dienone is 1. The van der Waals surface area contributed by atoms with Gasteiger partial charge in [0.15, 0.2) is 6.10 Å². The standard InChI is InChI=1S/C21H22N4O3/c26-21(28-16-13-27-14-16)25-9-7-24(8-10-25)20-4-6-23-19-12-15(11-17(19)20)18-3-1-2-5-22-18/h1-6,11,16H,7-10,12-14H2. The first kappa shape index (κ1) is 17.2. The van der Waals surface area contributed by atoms with Gasteiger partial charge >= 0.3 is 6.09 Å². The van der Waals surface area contributed by atoms with E-state index in [0.717, 1.165) is 30.9 Å². The van der Waals surface area contributed by atoms with Gasteiger partial charge in [-0.2, -0.15) is 0 Å². The maximum Gasteiger partial charge on any atom is 0.410 e. The number of hydrogen-bond donors (Lipinski definition) is 0. The van der Waals surface area contributed by atoms with Crippen molar-refractivity contribution in [3.63, 3.8) is 0 Å². The molecule has 7 heteroatoms. The van der Waals surface area contributed by atoms with Crippen molar-refractivity contribution in [1.82, 2.24) is 14.9 Å². The van der Waals surface area contributed by atoms with Gasteiger partial charge in [0, 0.05) is 56.2 Å². The molecule has 2 saturated heterocycles. The minimum atomic E-state index is -0.231. The van der Waals surface area contributed by atoms with Gasteiger partial charge in [0.2, 0.25) is 0 Å². The molecule has 3 aliphatic rings. The van der Waals surface area contributed by atoms with Gasteiger partial charge in [-0.15, -0.1) is 0 Å². The molecule has 0 unspecified atom stereocenters. The average Bonchev–Trinajstić information content (AvgIpc) is 3.16. The second-order valence-electron chi connectivity index (χ2n) is 7.27. The quantitative estimate of drug-likeness (QED) is 0.816. The Labute approximate surface area is 163 Å². The number of rotatable bonds is 3. The van der Waals surface area contributed by atoms with Crippen LogP contribution in [-0.2, 0) is 15.9 Å². The highest BCUT2D eigenvalue weighted by Gasteiger charge is 2.29. The molecule has 0 atom stereocenters. The van der Waals surface area contributed by atoms with Gasteiger partial charge in [0.1, 0.15) is 0 Å². The van der Waals surface area contributed by atoms with Crippen LogP contribution >= 0.6 is 0 Å². The molecular formula is C21H22N4O3. The van der Waals surface area contributed by atoms with Crippen molar-refractivity contribution in [2.75, 3.05) is 44.3 Å². The van der Waals surface area contributed by atoms with Crippen LogP contribution in [0.5, 0.6) is 0 Å². The summed E-state index contributed by atoms with van der Waals surface area (Å²) in [7, 11) is 0. The number of aromatic nitrogens is 2. The monoisotopic (exact) mass is 378 g/mol. The van der Waals surface area contributed by atoms with E-state index in [1.54, 1.807) is 4.90 Å². The summed E-state index contributed by atoms with van der Waals surface area (Å²) >= 11 is 0. The molecule has 1 aliphatic carbocycles. The largest absolute Gasteiger partial charge is 0.441 e. The molecule has 0 radical (unpaired) electrons. The van der Waals surface area contributed by atoms with Crippen LogP contribution < -0.4 is 4.90 Å². The van der Waals surface area contributed by atoms with Crippen LogP contribution in [0, 0.1) is 0 Å². The summed E-state index contributed by atoms with van der Waals surface area (Å²) in [6.45, 7) is 3.89. The zero-order chi connectivity index (χ0) is 18.9. The molecule has 4 heterocycles. The molecule has 0 bridgehead atoms. The molecular weight excluding hydrogens is 356 g/mol. The minimum absolute atomic E-state index is 0.0795. The minimum Gasteiger partial charge on any atom is -0.441 e. The first-order chi connectivity index (χ1) is 13.8.